The van der Waals surface area contributed by atoms with Gasteiger partial charge in [-0.2, -0.15) is 0 Å². The molecule has 1 aliphatic heterocycles. The van der Waals surface area contributed by atoms with Crippen molar-refractivity contribution in [3.63, 3.8) is 0 Å². The molecule has 1 atom stereocenters. The van der Waals surface area contributed by atoms with Crippen LogP contribution in [0.3, 0.4) is 0 Å². The predicted molar refractivity (Wildman–Crippen MR) is 56.0 cm³/mol. The van der Waals surface area contributed by atoms with Crippen molar-refractivity contribution < 1.29 is 14.4 Å². The van der Waals surface area contributed by atoms with Gasteiger partial charge in [0.1, 0.15) is 5.56 Å². The minimum Gasteiger partial charge on any atom is -0.477 e. The molecule has 1 saturated heterocycles. The molecule has 1 fully saturated rings. The second-order valence-corrected chi connectivity index (χ2v) is 4.52. The van der Waals surface area contributed by atoms with E-state index in [0.717, 1.165) is 19.5 Å². The topological polar surface area (TPSA) is 66.6 Å². The van der Waals surface area contributed by atoms with Crippen molar-refractivity contribution in [1.29, 1.82) is 0 Å². The van der Waals surface area contributed by atoms with Crippen LogP contribution < -0.4 is 0 Å². The van der Waals surface area contributed by atoms with E-state index in [1.807, 2.05) is 7.05 Å². The monoisotopic (exact) mass is 274 g/mol. The number of carboxylic acid groups (broad SMARTS) is 1. The maximum Gasteiger partial charge on any atom is 0.342 e. The summed E-state index contributed by atoms with van der Waals surface area (Å²) in [6, 6.07) is 0. The highest BCUT2D eigenvalue weighted by atomic mass is 79.9. The van der Waals surface area contributed by atoms with Crippen LogP contribution in [-0.2, 0) is 0 Å². The third-order valence-electron chi connectivity index (χ3n) is 2.65. The third-order valence-corrected chi connectivity index (χ3v) is 3.19. The summed E-state index contributed by atoms with van der Waals surface area (Å²) in [6.45, 7) is 1.78. The summed E-state index contributed by atoms with van der Waals surface area (Å²) >= 11 is 3.08. The molecule has 1 aromatic rings. The largest absolute Gasteiger partial charge is 0.477 e. The van der Waals surface area contributed by atoms with E-state index in [0.29, 0.717) is 5.76 Å². The Hall–Kier alpha value is -0.880. The van der Waals surface area contributed by atoms with Crippen molar-refractivity contribution in [1.82, 2.24) is 10.1 Å². The maximum atomic E-state index is 11.0. The molecule has 0 radical (unpaired) electrons. The SMILES string of the molecule is CN1CCC(c2onc(Br)c2C(=O)O)C1. The number of rotatable bonds is 2. The number of carbonyl (C=O) groups is 1. The quantitative estimate of drug-likeness (QED) is 0.887. The summed E-state index contributed by atoms with van der Waals surface area (Å²) in [5, 5.41) is 12.7. The first-order valence-electron chi connectivity index (χ1n) is 4.66. The number of nitrogens with zero attached hydrogens (tertiary/aromatic N) is 2. The average Bonchev–Trinajstić information content (AvgIpc) is 2.71. The van der Waals surface area contributed by atoms with Gasteiger partial charge < -0.3 is 14.5 Å². The first kappa shape index (κ1) is 10.6. The molecule has 0 spiro atoms. The zero-order valence-corrected chi connectivity index (χ0v) is 9.82. The molecule has 1 N–H and O–H groups in total. The smallest absolute Gasteiger partial charge is 0.342 e. The van der Waals surface area contributed by atoms with E-state index in [4.69, 9.17) is 9.63 Å². The highest BCUT2D eigenvalue weighted by molar-refractivity contribution is 9.10. The van der Waals surface area contributed by atoms with Gasteiger partial charge in [-0.05, 0) is 35.9 Å². The second kappa shape index (κ2) is 3.94. The van der Waals surface area contributed by atoms with Gasteiger partial charge >= 0.3 is 5.97 Å². The van der Waals surface area contributed by atoms with Gasteiger partial charge in [0.25, 0.3) is 0 Å². The van der Waals surface area contributed by atoms with Crippen LogP contribution in [0.1, 0.15) is 28.5 Å². The highest BCUT2D eigenvalue weighted by Crippen LogP contribution is 2.32. The van der Waals surface area contributed by atoms with Crippen LogP contribution in [0.2, 0.25) is 0 Å². The summed E-state index contributed by atoms with van der Waals surface area (Å²) in [5.41, 5.74) is 0.162. The number of likely N-dealkylation sites (tertiary alicyclic amines) is 1. The Morgan fingerprint density at radius 2 is 2.47 bits per heavy atom. The molecule has 1 aliphatic rings. The van der Waals surface area contributed by atoms with Crippen molar-refractivity contribution >= 4 is 21.9 Å². The maximum absolute atomic E-state index is 11.0. The zero-order chi connectivity index (χ0) is 11.0. The van der Waals surface area contributed by atoms with E-state index >= 15 is 0 Å². The van der Waals surface area contributed by atoms with Crippen LogP contribution in [-0.4, -0.2) is 41.3 Å². The number of hydrogen-bond acceptors (Lipinski definition) is 4. The fraction of sp³-hybridized carbons (Fsp3) is 0.556. The fourth-order valence-corrected chi connectivity index (χ4v) is 2.34. The lowest BCUT2D eigenvalue weighted by molar-refractivity contribution is 0.0692. The van der Waals surface area contributed by atoms with Gasteiger partial charge in [-0.15, -0.1) is 0 Å². The van der Waals surface area contributed by atoms with Crippen LogP contribution >= 0.6 is 15.9 Å². The molecule has 0 aliphatic carbocycles. The van der Waals surface area contributed by atoms with Gasteiger partial charge in [0.05, 0.1) is 0 Å². The van der Waals surface area contributed by atoms with Crippen LogP contribution in [0.5, 0.6) is 0 Å². The normalized spacial score (nSPS) is 22.1. The number of hydrogen-bond donors (Lipinski definition) is 1. The van der Waals surface area contributed by atoms with Gasteiger partial charge in [0.15, 0.2) is 10.4 Å². The van der Waals surface area contributed by atoms with E-state index in [-0.39, 0.29) is 16.1 Å². The predicted octanol–water partition coefficient (Wildman–Crippen LogP) is 1.55. The molecule has 5 nitrogen and oxygen atoms in total. The minimum atomic E-state index is -0.993. The minimum absolute atomic E-state index is 0.139. The molecule has 0 saturated carbocycles. The molecule has 2 rings (SSSR count). The van der Waals surface area contributed by atoms with E-state index in [2.05, 4.69) is 26.0 Å². The van der Waals surface area contributed by atoms with E-state index in [9.17, 15) is 4.79 Å². The summed E-state index contributed by atoms with van der Waals surface area (Å²) in [5.74, 6) is -0.369. The summed E-state index contributed by atoms with van der Waals surface area (Å²) < 4.78 is 5.36. The Labute approximate surface area is 95.2 Å². The van der Waals surface area contributed by atoms with Gasteiger partial charge in [-0.25, -0.2) is 4.79 Å². The van der Waals surface area contributed by atoms with Crippen LogP contribution in [0.15, 0.2) is 9.13 Å². The van der Waals surface area contributed by atoms with Crippen molar-refractivity contribution in [3.8, 4) is 0 Å². The lowest BCUT2D eigenvalue weighted by Gasteiger charge is -2.07. The van der Waals surface area contributed by atoms with Gasteiger partial charge in [0, 0.05) is 12.5 Å². The number of likely N-dealkylation sites (N-methyl/N-ethyl adjacent to an activating group) is 1. The molecular weight excluding hydrogens is 264 g/mol. The molecule has 0 aromatic carbocycles. The number of carboxylic acids is 1. The Morgan fingerprint density at radius 3 is 3.00 bits per heavy atom. The Balaban J connectivity index is 2.32. The average molecular weight is 275 g/mol. The van der Waals surface area contributed by atoms with Crippen molar-refractivity contribution in [2.24, 2.45) is 0 Å². The van der Waals surface area contributed by atoms with Gasteiger partial charge in [-0.3, -0.25) is 0 Å². The molecule has 2 heterocycles. The first-order valence-corrected chi connectivity index (χ1v) is 5.45. The van der Waals surface area contributed by atoms with Crippen LogP contribution in [0.4, 0.5) is 0 Å². The lowest BCUT2D eigenvalue weighted by Crippen LogP contribution is -2.14. The molecule has 15 heavy (non-hydrogen) atoms. The van der Waals surface area contributed by atoms with E-state index in [1.54, 1.807) is 0 Å². The lowest BCUT2D eigenvalue weighted by atomic mass is 10.0. The second-order valence-electron chi connectivity index (χ2n) is 3.77. The Morgan fingerprint density at radius 1 is 1.73 bits per heavy atom. The third kappa shape index (κ3) is 1.91. The summed E-state index contributed by atoms with van der Waals surface area (Å²) in [6.07, 6.45) is 0.915. The van der Waals surface area contributed by atoms with Crippen LogP contribution in [0, 0.1) is 0 Å². The summed E-state index contributed by atoms with van der Waals surface area (Å²) in [7, 11) is 2.01. The van der Waals surface area contributed by atoms with Crippen molar-refractivity contribution in [3.05, 3.63) is 15.9 Å². The van der Waals surface area contributed by atoms with Crippen molar-refractivity contribution in [2.45, 2.75) is 12.3 Å². The first-order chi connectivity index (χ1) is 7.09. The standard InChI is InChI=1S/C9H11BrN2O3/c1-12-3-2-5(4-12)7-6(9(13)14)8(10)11-15-7/h5H,2-4H2,1H3,(H,13,14). The molecule has 0 bridgehead atoms. The fourth-order valence-electron chi connectivity index (χ4n) is 1.90. The zero-order valence-electron chi connectivity index (χ0n) is 8.23. The Kier molecular flexibility index (Phi) is 2.79. The number of halogens is 1. The van der Waals surface area contributed by atoms with E-state index in [1.165, 1.54) is 0 Å². The van der Waals surface area contributed by atoms with E-state index < -0.39 is 5.97 Å². The Bertz CT molecular complexity index is 391. The van der Waals surface area contributed by atoms with Gasteiger partial charge in [-0.1, -0.05) is 5.16 Å². The molecule has 82 valence electrons. The molecule has 1 aromatic heterocycles. The molecule has 6 heteroatoms. The van der Waals surface area contributed by atoms with Crippen molar-refractivity contribution in [2.75, 3.05) is 20.1 Å². The molecule has 0 amide bonds. The summed E-state index contributed by atoms with van der Waals surface area (Å²) in [4.78, 5) is 13.1. The molecule has 1 unspecified atom stereocenters. The highest BCUT2D eigenvalue weighted by Gasteiger charge is 2.31. The number of aromatic nitrogens is 1. The van der Waals surface area contributed by atoms with Gasteiger partial charge in [0.2, 0.25) is 0 Å². The van der Waals surface area contributed by atoms with Crippen LogP contribution in [0.25, 0.3) is 0 Å². The molecular formula is C9H11BrN2O3. The number of aromatic carboxylic acids is 1.